The van der Waals surface area contributed by atoms with E-state index in [4.69, 9.17) is 11.6 Å². The van der Waals surface area contributed by atoms with Gasteiger partial charge in [-0.3, -0.25) is 0 Å². The molecule has 0 aliphatic heterocycles. The second-order valence-electron chi connectivity index (χ2n) is 3.74. The van der Waals surface area contributed by atoms with Crippen LogP contribution in [0.15, 0.2) is 57.9 Å². The molecule has 0 aliphatic carbocycles. The average molecular weight is 343 g/mol. The van der Waals surface area contributed by atoms with Crippen molar-refractivity contribution in [1.29, 1.82) is 0 Å². The Morgan fingerprint density at radius 2 is 1.89 bits per heavy atom. The predicted octanol–water partition coefficient (Wildman–Crippen LogP) is 5.31. The first-order valence-electron chi connectivity index (χ1n) is 5.62. The van der Waals surface area contributed by atoms with Crippen LogP contribution in [-0.2, 0) is 0 Å². The van der Waals surface area contributed by atoms with E-state index in [2.05, 4.69) is 33.4 Å². The van der Waals surface area contributed by atoms with Gasteiger partial charge in [0.05, 0.1) is 0 Å². The van der Waals surface area contributed by atoms with Gasteiger partial charge in [-0.25, -0.2) is 0 Å². The lowest BCUT2D eigenvalue weighted by atomic mass is 10.3. The molecule has 2 aromatic rings. The molecule has 2 aromatic carbocycles. The number of benzene rings is 2. The predicted molar refractivity (Wildman–Crippen MR) is 84.8 cm³/mol. The van der Waals surface area contributed by atoms with E-state index in [9.17, 15) is 0 Å². The van der Waals surface area contributed by atoms with Crippen molar-refractivity contribution in [1.82, 2.24) is 0 Å². The topological polar surface area (TPSA) is 12.0 Å². The minimum absolute atomic E-state index is 0.784. The van der Waals surface area contributed by atoms with E-state index in [1.54, 1.807) is 0 Å². The van der Waals surface area contributed by atoms with E-state index in [0.29, 0.717) is 0 Å². The second-order valence-corrected chi connectivity index (χ2v) is 6.26. The fourth-order valence-electron chi connectivity index (χ4n) is 1.49. The zero-order valence-electron chi connectivity index (χ0n) is 9.70. The molecule has 0 saturated carbocycles. The van der Waals surface area contributed by atoms with Crippen LogP contribution < -0.4 is 5.32 Å². The van der Waals surface area contributed by atoms with Crippen molar-refractivity contribution >= 4 is 45.0 Å². The van der Waals surface area contributed by atoms with Crippen LogP contribution in [0.4, 0.5) is 5.69 Å². The molecule has 1 N–H and O–H groups in total. The van der Waals surface area contributed by atoms with Crippen LogP contribution in [0.3, 0.4) is 0 Å². The van der Waals surface area contributed by atoms with Crippen LogP contribution in [0, 0.1) is 0 Å². The Bertz CT molecular complexity index is 501. The van der Waals surface area contributed by atoms with Gasteiger partial charge in [0.25, 0.3) is 0 Å². The SMILES string of the molecule is Clc1ccc(SCCNc2cccc(Br)c2)cc1. The highest BCUT2D eigenvalue weighted by Crippen LogP contribution is 2.20. The number of hydrogen-bond acceptors (Lipinski definition) is 2. The van der Waals surface area contributed by atoms with Crippen LogP contribution in [0.25, 0.3) is 0 Å². The van der Waals surface area contributed by atoms with Gasteiger partial charge in [-0.15, -0.1) is 11.8 Å². The quantitative estimate of drug-likeness (QED) is 0.584. The molecule has 0 saturated heterocycles. The summed E-state index contributed by atoms with van der Waals surface area (Å²) in [5.74, 6) is 1.02. The summed E-state index contributed by atoms with van der Waals surface area (Å²) in [7, 11) is 0. The molecule has 0 aromatic heterocycles. The van der Waals surface area contributed by atoms with Crippen LogP contribution in [-0.4, -0.2) is 12.3 Å². The highest BCUT2D eigenvalue weighted by atomic mass is 79.9. The standard InChI is InChI=1S/C14H13BrClNS/c15-11-2-1-3-13(10-11)17-8-9-18-14-6-4-12(16)5-7-14/h1-7,10,17H,8-9H2. The number of anilines is 1. The summed E-state index contributed by atoms with van der Waals surface area (Å²) in [6, 6.07) is 16.1. The van der Waals surface area contributed by atoms with Crippen molar-refractivity contribution in [3.05, 3.63) is 58.0 Å². The maximum absolute atomic E-state index is 5.84. The smallest absolute Gasteiger partial charge is 0.0406 e. The highest BCUT2D eigenvalue weighted by Gasteiger charge is 1.95. The minimum Gasteiger partial charge on any atom is -0.384 e. The van der Waals surface area contributed by atoms with Crippen LogP contribution in [0.1, 0.15) is 0 Å². The zero-order chi connectivity index (χ0) is 12.8. The van der Waals surface area contributed by atoms with Gasteiger partial charge in [0.2, 0.25) is 0 Å². The van der Waals surface area contributed by atoms with Crippen LogP contribution in [0.5, 0.6) is 0 Å². The maximum Gasteiger partial charge on any atom is 0.0406 e. The maximum atomic E-state index is 5.84. The molecule has 94 valence electrons. The van der Waals surface area contributed by atoms with Gasteiger partial charge >= 0.3 is 0 Å². The van der Waals surface area contributed by atoms with Crippen molar-refractivity contribution in [2.75, 3.05) is 17.6 Å². The fraction of sp³-hybridized carbons (Fsp3) is 0.143. The number of rotatable bonds is 5. The van der Waals surface area contributed by atoms with Gasteiger partial charge in [-0.1, -0.05) is 33.6 Å². The van der Waals surface area contributed by atoms with Crippen molar-refractivity contribution in [2.45, 2.75) is 4.90 Å². The largest absolute Gasteiger partial charge is 0.384 e. The van der Waals surface area contributed by atoms with Gasteiger partial charge in [0, 0.05) is 32.4 Å². The molecule has 0 radical (unpaired) electrons. The van der Waals surface area contributed by atoms with Gasteiger partial charge in [-0.2, -0.15) is 0 Å². The Morgan fingerprint density at radius 3 is 2.61 bits per heavy atom. The molecule has 2 rings (SSSR count). The molecule has 18 heavy (non-hydrogen) atoms. The molecular weight excluding hydrogens is 330 g/mol. The monoisotopic (exact) mass is 341 g/mol. The lowest BCUT2D eigenvalue weighted by molar-refractivity contribution is 1.22. The Kier molecular flexibility index (Phi) is 5.42. The molecular formula is C14H13BrClNS. The van der Waals surface area contributed by atoms with Crippen molar-refractivity contribution in [3.63, 3.8) is 0 Å². The number of nitrogens with one attached hydrogen (secondary N) is 1. The number of halogens is 2. The average Bonchev–Trinajstić information content (AvgIpc) is 2.37. The third kappa shape index (κ3) is 4.56. The Morgan fingerprint density at radius 1 is 1.11 bits per heavy atom. The molecule has 0 atom stereocenters. The highest BCUT2D eigenvalue weighted by molar-refractivity contribution is 9.10. The lowest BCUT2D eigenvalue weighted by Gasteiger charge is -2.06. The molecule has 0 heterocycles. The molecule has 1 nitrogen and oxygen atoms in total. The molecule has 0 aliphatic rings. The Labute approximate surface area is 125 Å². The second kappa shape index (κ2) is 7.07. The van der Waals surface area contributed by atoms with Crippen LogP contribution >= 0.6 is 39.3 Å². The number of thioether (sulfide) groups is 1. The molecule has 0 spiro atoms. The van der Waals surface area contributed by atoms with Crippen LogP contribution in [0.2, 0.25) is 5.02 Å². The molecule has 0 fully saturated rings. The van der Waals surface area contributed by atoms with Gasteiger partial charge in [0.15, 0.2) is 0 Å². The minimum atomic E-state index is 0.784. The lowest BCUT2D eigenvalue weighted by Crippen LogP contribution is -2.03. The number of hydrogen-bond donors (Lipinski definition) is 1. The Hall–Kier alpha value is -0.640. The van der Waals surface area contributed by atoms with E-state index >= 15 is 0 Å². The summed E-state index contributed by atoms with van der Waals surface area (Å²) in [6.45, 7) is 0.934. The van der Waals surface area contributed by atoms with Crippen molar-refractivity contribution in [2.24, 2.45) is 0 Å². The first-order valence-corrected chi connectivity index (χ1v) is 7.77. The molecule has 0 bridgehead atoms. The molecule has 0 unspecified atom stereocenters. The first-order chi connectivity index (χ1) is 8.74. The van der Waals surface area contributed by atoms with Gasteiger partial charge in [0.1, 0.15) is 0 Å². The first kappa shape index (κ1) is 13.8. The van der Waals surface area contributed by atoms with Gasteiger partial charge < -0.3 is 5.32 Å². The van der Waals surface area contributed by atoms with Crippen molar-refractivity contribution in [3.8, 4) is 0 Å². The van der Waals surface area contributed by atoms with Gasteiger partial charge in [-0.05, 0) is 42.5 Å². The summed E-state index contributed by atoms with van der Waals surface area (Å²) in [4.78, 5) is 1.25. The van der Waals surface area contributed by atoms with E-state index in [1.807, 2.05) is 48.2 Å². The zero-order valence-corrected chi connectivity index (χ0v) is 12.9. The molecule has 4 heteroatoms. The molecule has 0 amide bonds. The van der Waals surface area contributed by atoms with E-state index in [0.717, 1.165) is 27.5 Å². The third-order valence-corrected chi connectivity index (χ3v) is 4.10. The summed E-state index contributed by atoms with van der Waals surface area (Å²) in [5, 5.41) is 4.17. The van der Waals surface area contributed by atoms with E-state index in [1.165, 1.54) is 4.90 Å². The summed E-state index contributed by atoms with van der Waals surface area (Å²) in [6.07, 6.45) is 0. The van der Waals surface area contributed by atoms with E-state index in [-0.39, 0.29) is 0 Å². The van der Waals surface area contributed by atoms with E-state index < -0.39 is 0 Å². The summed E-state index contributed by atoms with van der Waals surface area (Å²) >= 11 is 11.1. The summed E-state index contributed by atoms with van der Waals surface area (Å²) in [5.41, 5.74) is 1.14. The van der Waals surface area contributed by atoms with Crippen molar-refractivity contribution < 1.29 is 0 Å². The fourth-order valence-corrected chi connectivity index (χ4v) is 2.79. The normalized spacial score (nSPS) is 10.3. The summed E-state index contributed by atoms with van der Waals surface area (Å²) < 4.78 is 1.10. The Balaban J connectivity index is 1.74. The third-order valence-electron chi connectivity index (χ3n) is 2.34.